The Morgan fingerprint density at radius 1 is 1.39 bits per heavy atom. The summed E-state index contributed by atoms with van der Waals surface area (Å²) >= 11 is 1.66. The van der Waals surface area contributed by atoms with Crippen LogP contribution in [0.15, 0.2) is 11.6 Å². The van der Waals surface area contributed by atoms with E-state index >= 15 is 0 Å². The van der Waals surface area contributed by atoms with Gasteiger partial charge >= 0.3 is 0 Å². The average Bonchev–Trinajstić information content (AvgIpc) is 2.74. The summed E-state index contributed by atoms with van der Waals surface area (Å²) < 4.78 is 0. The highest BCUT2D eigenvalue weighted by Gasteiger charge is 2.38. The summed E-state index contributed by atoms with van der Waals surface area (Å²) in [5, 5.41) is 0. The zero-order valence-electron chi connectivity index (χ0n) is 11.0. The Kier molecular flexibility index (Phi) is 4.32. The number of likely N-dealkylation sites (tertiary alicyclic amines) is 1. The molecule has 2 aliphatic heterocycles. The molecule has 0 aliphatic carbocycles. The van der Waals surface area contributed by atoms with Gasteiger partial charge in [0.25, 0.3) is 5.91 Å². The maximum absolute atomic E-state index is 12.3. The minimum absolute atomic E-state index is 0.0146. The van der Waals surface area contributed by atoms with E-state index in [0.717, 1.165) is 37.3 Å². The summed E-state index contributed by atoms with van der Waals surface area (Å²) in [5.74, 6) is 1.52. The van der Waals surface area contributed by atoms with Crippen LogP contribution in [-0.4, -0.2) is 52.4 Å². The van der Waals surface area contributed by atoms with Gasteiger partial charge in [0, 0.05) is 24.4 Å². The molecule has 0 unspecified atom stereocenters. The normalized spacial score (nSPS) is 24.1. The van der Waals surface area contributed by atoms with Crippen LogP contribution in [0.4, 0.5) is 0 Å². The Labute approximate surface area is 112 Å². The Morgan fingerprint density at radius 2 is 2.11 bits per heavy atom. The number of nitrogens with zero attached hydrogens (tertiary/aromatic N) is 2. The van der Waals surface area contributed by atoms with Crippen molar-refractivity contribution in [2.45, 2.75) is 32.7 Å². The summed E-state index contributed by atoms with van der Waals surface area (Å²) in [6, 6.07) is -0.247. The first-order valence-electron chi connectivity index (χ1n) is 6.49. The average molecular weight is 268 g/mol. The highest BCUT2D eigenvalue weighted by Crippen LogP contribution is 2.25. The highest BCUT2D eigenvalue weighted by atomic mass is 32.2. The molecule has 0 spiro atoms. The molecule has 0 saturated carbocycles. The molecule has 2 saturated heterocycles. The van der Waals surface area contributed by atoms with E-state index in [-0.39, 0.29) is 17.9 Å². The Morgan fingerprint density at radius 3 is 2.67 bits per heavy atom. The van der Waals surface area contributed by atoms with Gasteiger partial charge in [-0.15, -0.1) is 11.8 Å². The molecular formula is C13H20N2O2S. The van der Waals surface area contributed by atoms with Crippen molar-refractivity contribution in [3.8, 4) is 0 Å². The Balaban J connectivity index is 2.04. The maximum atomic E-state index is 12.3. The van der Waals surface area contributed by atoms with Crippen molar-refractivity contribution < 1.29 is 9.59 Å². The number of carbonyl (C=O) groups is 2. The van der Waals surface area contributed by atoms with E-state index in [2.05, 4.69) is 0 Å². The minimum Gasteiger partial charge on any atom is -0.341 e. The second kappa shape index (κ2) is 5.78. The van der Waals surface area contributed by atoms with E-state index in [4.69, 9.17) is 0 Å². The lowest BCUT2D eigenvalue weighted by Crippen LogP contribution is -2.53. The SMILES string of the molecule is CC/C=C(/C)C(=O)N1CSC[C@H]1C(=O)N1CCC1. The number of rotatable bonds is 3. The van der Waals surface area contributed by atoms with Crippen LogP contribution in [0.25, 0.3) is 0 Å². The van der Waals surface area contributed by atoms with E-state index in [0.29, 0.717) is 5.88 Å². The standard InChI is InChI=1S/C13H20N2O2S/c1-3-5-10(2)12(16)15-9-18-8-11(15)13(17)14-6-4-7-14/h5,11H,3-4,6-9H2,1-2H3/b10-5-/t11-/m0/s1. The number of carbonyl (C=O) groups excluding carboxylic acids is 2. The molecule has 5 heteroatoms. The lowest BCUT2D eigenvalue weighted by molar-refractivity contribution is -0.144. The number of hydrogen-bond acceptors (Lipinski definition) is 3. The van der Waals surface area contributed by atoms with Crippen molar-refractivity contribution in [1.29, 1.82) is 0 Å². The molecule has 2 aliphatic rings. The summed E-state index contributed by atoms with van der Waals surface area (Å²) in [7, 11) is 0. The van der Waals surface area contributed by atoms with E-state index in [1.54, 1.807) is 16.7 Å². The fraction of sp³-hybridized carbons (Fsp3) is 0.692. The van der Waals surface area contributed by atoms with Crippen LogP contribution in [0.2, 0.25) is 0 Å². The topological polar surface area (TPSA) is 40.6 Å². The van der Waals surface area contributed by atoms with E-state index in [1.807, 2.05) is 24.8 Å². The minimum atomic E-state index is -0.247. The van der Waals surface area contributed by atoms with Gasteiger partial charge in [0.1, 0.15) is 6.04 Å². The van der Waals surface area contributed by atoms with Crippen LogP contribution in [0.1, 0.15) is 26.7 Å². The van der Waals surface area contributed by atoms with Crippen LogP contribution < -0.4 is 0 Å². The van der Waals surface area contributed by atoms with E-state index in [9.17, 15) is 9.59 Å². The quantitative estimate of drug-likeness (QED) is 0.728. The molecule has 100 valence electrons. The molecule has 2 heterocycles. The van der Waals surface area contributed by atoms with Crippen molar-refractivity contribution in [1.82, 2.24) is 9.80 Å². The summed E-state index contributed by atoms with van der Waals surface area (Å²) in [5.41, 5.74) is 0.751. The molecule has 0 N–H and O–H groups in total. The summed E-state index contributed by atoms with van der Waals surface area (Å²) in [6.07, 6.45) is 3.87. The monoisotopic (exact) mass is 268 g/mol. The second-order valence-corrected chi connectivity index (χ2v) is 5.76. The van der Waals surface area contributed by atoms with Gasteiger partial charge in [-0.1, -0.05) is 13.0 Å². The van der Waals surface area contributed by atoms with Gasteiger partial charge in [-0.2, -0.15) is 0 Å². The van der Waals surface area contributed by atoms with Crippen LogP contribution in [0.5, 0.6) is 0 Å². The number of hydrogen-bond donors (Lipinski definition) is 0. The Hall–Kier alpha value is -0.970. The zero-order valence-corrected chi connectivity index (χ0v) is 11.8. The Bertz CT molecular complexity index is 377. The fourth-order valence-corrected chi connectivity index (χ4v) is 3.36. The first-order chi connectivity index (χ1) is 8.65. The van der Waals surface area contributed by atoms with Crippen LogP contribution in [0, 0.1) is 0 Å². The van der Waals surface area contributed by atoms with Crippen molar-refractivity contribution in [3.05, 3.63) is 11.6 Å². The van der Waals surface area contributed by atoms with Gasteiger partial charge in [0.15, 0.2) is 0 Å². The van der Waals surface area contributed by atoms with Crippen molar-refractivity contribution in [2.24, 2.45) is 0 Å². The van der Waals surface area contributed by atoms with Gasteiger partial charge in [-0.25, -0.2) is 0 Å². The van der Waals surface area contributed by atoms with Crippen molar-refractivity contribution in [3.63, 3.8) is 0 Å². The summed E-state index contributed by atoms with van der Waals surface area (Å²) in [4.78, 5) is 28.1. The summed E-state index contributed by atoms with van der Waals surface area (Å²) in [6.45, 7) is 5.55. The van der Waals surface area contributed by atoms with Crippen LogP contribution in [0.3, 0.4) is 0 Å². The molecular weight excluding hydrogens is 248 g/mol. The maximum Gasteiger partial charge on any atom is 0.250 e. The van der Waals surface area contributed by atoms with Gasteiger partial charge < -0.3 is 9.80 Å². The van der Waals surface area contributed by atoms with Gasteiger partial charge in [-0.05, 0) is 19.8 Å². The van der Waals surface area contributed by atoms with Crippen molar-refractivity contribution in [2.75, 3.05) is 24.7 Å². The molecule has 0 aromatic heterocycles. The molecule has 0 bridgehead atoms. The molecule has 2 amide bonds. The predicted octanol–water partition coefficient (Wildman–Crippen LogP) is 1.48. The van der Waals surface area contributed by atoms with Crippen LogP contribution >= 0.6 is 11.8 Å². The number of allylic oxidation sites excluding steroid dienone is 1. The molecule has 0 aromatic carbocycles. The third-order valence-corrected chi connectivity index (χ3v) is 4.46. The number of thioether (sulfide) groups is 1. The third-order valence-electron chi connectivity index (χ3n) is 3.44. The zero-order chi connectivity index (χ0) is 13.1. The van der Waals surface area contributed by atoms with Crippen molar-refractivity contribution >= 4 is 23.6 Å². The number of amides is 2. The molecule has 2 rings (SSSR count). The smallest absolute Gasteiger partial charge is 0.250 e. The molecule has 18 heavy (non-hydrogen) atoms. The highest BCUT2D eigenvalue weighted by molar-refractivity contribution is 7.99. The van der Waals surface area contributed by atoms with Gasteiger partial charge in [0.2, 0.25) is 5.91 Å². The fourth-order valence-electron chi connectivity index (χ4n) is 2.21. The lowest BCUT2D eigenvalue weighted by atomic mass is 10.1. The third kappa shape index (κ3) is 2.55. The van der Waals surface area contributed by atoms with E-state index < -0.39 is 0 Å². The largest absolute Gasteiger partial charge is 0.341 e. The first-order valence-corrected chi connectivity index (χ1v) is 7.65. The first kappa shape index (κ1) is 13.5. The lowest BCUT2D eigenvalue weighted by Gasteiger charge is -2.35. The predicted molar refractivity (Wildman–Crippen MR) is 73.2 cm³/mol. The van der Waals surface area contributed by atoms with Crippen LogP contribution in [-0.2, 0) is 9.59 Å². The van der Waals surface area contributed by atoms with Gasteiger partial charge in [0.05, 0.1) is 5.88 Å². The molecule has 2 fully saturated rings. The molecule has 1 atom stereocenters. The molecule has 4 nitrogen and oxygen atoms in total. The second-order valence-electron chi connectivity index (χ2n) is 4.76. The molecule has 0 radical (unpaired) electrons. The van der Waals surface area contributed by atoms with Gasteiger partial charge in [-0.3, -0.25) is 9.59 Å². The molecule has 0 aromatic rings. The van der Waals surface area contributed by atoms with E-state index in [1.165, 1.54) is 0 Å².